The Kier molecular flexibility index (Phi) is 12.2. The molecule has 0 amide bonds. The largest absolute Gasteiger partial charge is 0.500 e. The molecule has 5 aromatic carbocycles. The summed E-state index contributed by atoms with van der Waals surface area (Å²) in [4.78, 5) is 9.31. The van der Waals surface area contributed by atoms with Crippen LogP contribution in [-0.2, 0) is 26.5 Å². The van der Waals surface area contributed by atoms with Crippen molar-refractivity contribution in [3.8, 4) is 33.6 Å². The molecule has 0 saturated carbocycles. The van der Waals surface area contributed by atoms with Crippen molar-refractivity contribution < 1.29 is 33.0 Å². The number of benzene rings is 5. The molecule has 56 heavy (non-hydrogen) atoms. The van der Waals surface area contributed by atoms with Crippen LogP contribution in [0.15, 0.2) is 144 Å². The first-order valence-electron chi connectivity index (χ1n) is 20.5. The SMILES string of the molecule is [2H]C(C)(C)c1cc(-c2[c-]ccc(-c3ccccc3)c2)nc[c]1[Ge]([CH2]C)([CH2]C)[CH2]C.[2H]C([2H])(c1ccccc1)c1ccnc(-c2[c-]cc3oc4cc(F)ccc4c3c2)c1.[Ir]. The molecule has 0 saturated heterocycles. The van der Waals surface area contributed by atoms with Gasteiger partial charge in [-0.3, -0.25) is 0 Å². The van der Waals surface area contributed by atoms with Crippen LogP contribution in [0.1, 0.15) is 61.3 Å². The van der Waals surface area contributed by atoms with Crippen LogP contribution in [0.2, 0.25) is 15.8 Å². The van der Waals surface area contributed by atoms with Crippen molar-refractivity contribution in [2.24, 2.45) is 0 Å². The maximum Gasteiger partial charge on any atom is 0.126 e. The molecule has 1 radical (unpaired) electrons. The number of halogens is 1. The van der Waals surface area contributed by atoms with Gasteiger partial charge in [-0.25, -0.2) is 4.39 Å². The molecule has 0 atom stereocenters. The third-order valence-corrected chi connectivity index (χ3v) is 22.4. The van der Waals surface area contributed by atoms with Crippen LogP contribution in [0.3, 0.4) is 0 Å². The number of rotatable bonds is 10. The van der Waals surface area contributed by atoms with Crippen LogP contribution in [0.4, 0.5) is 4.39 Å². The smallest absolute Gasteiger partial charge is 0.126 e. The maximum atomic E-state index is 13.5. The van der Waals surface area contributed by atoms with Gasteiger partial charge in [0.15, 0.2) is 0 Å². The van der Waals surface area contributed by atoms with Crippen LogP contribution in [0.5, 0.6) is 0 Å². The average molecular weight is 979 g/mol. The summed E-state index contributed by atoms with van der Waals surface area (Å²) in [6, 6.07) is 45.9. The third kappa shape index (κ3) is 8.97. The van der Waals surface area contributed by atoms with E-state index in [4.69, 9.17) is 13.5 Å². The zero-order valence-corrected chi connectivity index (χ0v) is 36.9. The molecule has 0 N–H and O–H groups in total. The molecule has 0 bridgehead atoms. The number of fused-ring (bicyclic) bond motifs is 3. The molecule has 0 aliphatic rings. The molecule has 8 rings (SSSR count). The maximum absolute atomic E-state index is 13.5. The summed E-state index contributed by atoms with van der Waals surface area (Å²) in [5.41, 5.74) is 8.95. The van der Waals surface area contributed by atoms with E-state index in [1.165, 1.54) is 43.4 Å². The first kappa shape index (κ1) is 36.9. The summed E-state index contributed by atoms with van der Waals surface area (Å²) in [5, 5.41) is 5.38. The Hall–Kier alpha value is -4.68. The van der Waals surface area contributed by atoms with Crippen molar-refractivity contribution in [1.82, 2.24) is 9.97 Å². The predicted octanol–water partition coefficient (Wildman–Crippen LogP) is 13.2. The molecular weight excluding hydrogens is 928 g/mol. The van der Waals surface area contributed by atoms with E-state index in [0.717, 1.165) is 33.2 Å². The van der Waals surface area contributed by atoms with Gasteiger partial charge in [0.2, 0.25) is 0 Å². The van der Waals surface area contributed by atoms with Crippen LogP contribution in [0, 0.1) is 17.9 Å². The van der Waals surface area contributed by atoms with E-state index in [0.29, 0.717) is 28.0 Å². The minimum Gasteiger partial charge on any atom is -0.500 e. The zero-order valence-electron chi connectivity index (χ0n) is 35.4. The molecule has 3 heterocycles. The molecule has 0 aliphatic carbocycles. The van der Waals surface area contributed by atoms with Crippen LogP contribution in [0.25, 0.3) is 55.6 Å². The molecule has 0 aliphatic heterocycles. The van der Waals surface area contributed by atoms with Gasteiger partial charge in [-0.15, -0.1) is 23.8 Å². The fourth-order valence-corrected chi connectivity index (χ4v) is 15.5. The number of nitrogens with zero attached hydrogens (tertiary/aromatic N) is 2. The quantitative estimate of drug-likeness (QED) is 0.101. The summed E-state index contributed by atoms with van der Waals surface area (Å²) in [6.07, 6.45) is 2.07. The fraction of sp³-hybridized carbons (Fsp3) is 0.200. The van der Waals surface area contributed by atoms with Crippen molar-refractivity contribution >= 4 is 39.6 Å². The van der Waals surface area contributed by atoms with Crippen LogP contribution >= 0.6 is 0 Å². The molecule has 0 unspecified atom stereocenters. The van der Waals surface area contributed by atoms with Crippen molar-refractivity contribution in [2.45, 2.75) is 62.6 Å². The monoisotopic (exact) mass is 980 g/mol. The van der Waals surface area contributed by atoms with E-state index in [2.05, 4.69) is 86.5 Å². The van der Waals surface area contributed by atoms with Crippen LogP contribution in [-0.4, -0.2) is 23.2 Å². The number of hydrogen-bond donors (Lipinski definition) is 0. The Morgan fingerprint density at radius 1 is 0.714 bits per heavy atom. The Bertz CT molecular complexity index is 2670. The number of aromatic nitrogens is 2. The van der Waals surface area contributed by atoms with E-state index in [9.17, 15) is 4.39 Å². The second kappa shape index (κ2) is 18.5. The van der Waals surface area contributed by atoms with Crippen molar-refractivity contribution in [2.75, 3.05) is 0 Å². The minimum absolute atomic E-state index is 0. The van der Waals surface area contributed by atoms with E-state index in [-0.39, 0.29) is 25.9 Å². The summed E-state index contributed by atoms with van der Waals surface area (Å²) in [5.74, 6) is -0.988. The Morgan fingerprint density at radius 2 is 1.41 bits per heavy atom. The molecule has 8 aromatic rings. The molecular formula is C50H47FGeIrN2O-2. The van der Waals surface area contributed by atoms with Crippen LogP contribution < -0.4 is 4.40 Å². The van der Waals surface area contributed by atoms with E-state index in [1.807, 2.05) is 50.2 Å². The third-order valence-electron chi connectivity index (χ3n) is 10.7. The van der Waals surface area contributed by atoms with E-state index >= 15 is 0 Å². The molecule has 6 heteroatoms. The number of pyridine rings is 2. The molecule has 0 fully saturated rings. The first-order chi connectivity index (χ1) is 27.9. The van der Waals surface area contributed by atoms with Crippen molar-refractivity contribution in [3.05, 3.63) is 174 Å². The van der Waals surface area contributed by atoms with Gasteiger partial charge >= 0.3 is 175 Å². The van der Waals surface area contributed by atoms with Gasteiger partial charge < -0.3 is 9.40 Å². The van der Waals surface area contributed by atoms with Gasteiger partial charge in [-0.1, -0.05) is 41.8 Å². The number of furan rings is 1. The normalized spacial score (nSPS) is 12.6. The predicted molar refractivity (Wildman–Crippen MR) is 230 cm³/mol. The average Bonchev–Trinajstić information content (AvgIpc) is 3.62. The first-order valence-corrected chi connectivity index (χ1v) is 24.5. The molecule has 285 valence electrons. The summed E-state index contributed by atoms with van der Waals surface area (Å²) in [7, 11) is 0. The summed E-state index contributed by atoms with van der Waals surface area (Å²) in [6.45, 7) is 11.0. The second-order valence-corrected chi connectivity index (χ2v) is 25.1. The van der Waals surface area contributed by atoms with Gasteiger partial charge in [0, 0.05) is 40.5 Å². The molecule has 0 spiro atoms. The Labute approximate surface area is 351 Å². The van der Waals surface area contributed by atoms with Crippen molar-refractivity contribution in [3.63, 3.8) is 0 Å². The van der Waals surface area contributed by atoms with Gasteiger partial charge in [0.05, 0.1) is 5.58 Å². The zero-order chi connectivity index (χ0) is 41.1. The summed E-state index contributed by atoms with van der Waals surface area (Å²) < 4.78 is 46.6. The topological polar surface area (TPSA) is 38.9 Å². The van der Waals surface area contributed by atoms with E-state index in [1.54, 1.807) is 42.6 Å². The minimum atomic E-state index is -2.23. The summed E-state index contributed by atoms with van der Waals surface area (Å²) >= 11 is -2.23. The van der Waals surface area contributed by atoms with Crippen molar-refractivity contribution in [1.29, 1.82) is 0 Å². The fourth-order valence-electron chi connectivity index (χ4n) is 7.37. The Balaban J connectivity index is 0.000000195. The molecule has 3 aromatic heterocycles. The standard InChI is InChI=1S/C26H32GeN.C24H15FNO.Ir/c1-6-27(7-2,8-3)25-19-28-26(18-24(25)20(4)5)23-16-12-15-22(17-23)21-13-10-9-11-14-21;25-19-7-8-20-21-14-18(6-9-23(21)27-24(20)15-19)22-13-17(10-11-26-22)12-16-4-2-1-3-5-16;/h9-15,17-20H,6-8H2,1-5H3;1-5,7-11,13-15H,12H2;/q2*-1;/i20D;12D2;. The molecule has 3 nitrogen and oxygen atoms in total. The Morgan fingerprint density at radius 3 is 2.12 bits per heavy atom. The van der Waals surface area contributed by atoms with Gasteiger partial charge in [-0.2, -0.15) is 0 Å². The van der Waals surface area contributed by atoms with Gasteiger partial charge in [0.25, 0.3) is 0 Å². The van der Waals surface area contributed by atoms with Gasteiger partial charge in [0.1, 0.15) is 11.4 Å². The number of hydrogen-bond acceptors (Lipinski definition) is 3. The van der Waals surface area contributed by atoms with Gasteiger partial charge in [-0.05, 0) is 41.4 Å². The second-order valence-electron chi connectivity index (χ2n) is 14.1. The van der Waals surface area contributed by atoms with E-state index < -0.39 is 25.5 Å².